The summed E-state index contributed by atoms with van der Waals surface area (Å²) in [4.78, 5) is 0. The molecule has 1 rings (SSSR count). The lowest BCUT2D eigenvalue weighted by Gasteiger charge is -2.43. The molecule has 0 bridgehead atoms. The van der Waals surface area contributed by atoms with E-state index in [2.05, 4.69) is 33.0 Å². The minimum Gasteiger partial charge on any atom is -0.371 e. The third-order valence-electron chi connectivity index (χ3n) is 4.53. The van der Waals surface area contributed by atoms with Gasteiger partial charge in [-0.2, -0.15) is 0 Å². The fourth-order valence-electron chi connectivity index (χ4n) is 3.38. The Bertz CT molecular complexity index is 219. The minimum absolute atomic E-state index is 0.106. The van der Waals surface area contributed by atoms with Crippen LogP contribution in [0, 0.1) is 11.8 Å². The van der Waals surface area contributed by atoms with Gasteiger partial charge in [-0.05, 0) is 57.9 Å². The van der Waals surface area contributed by atoms with Crippen molar-refractivity contribution in [3.05, 3.63) is 0 Å². The molecule has 108 valence electrons. The first kappa shape index (κ1) is 16.0. The zero-order chi connectivity index (χ0) is 13.6. The van der Waals surface area contributed by atoms with Gasteiger partial charge in [-0.1, -0.05) is 27.2 Å². The van der Waals surface area contributed by atoms with Gasteiger partial charge in [0.1, 0.15) is 0 Å². The third-order valence-corrected chi connectivity index (χ3v) is 4.53. The zero-order valence-electron chi connectivity index (χ0n) is 13.1. The number of hydrogen-bond donors (Lipinski definition) is 1. The average Bonchev–Trinajstić information content (AvgIpc) is 2.30. The van der Waals surface area contributed by atoms with E-state index in [1.807, 2.05) is 7.05 Å². The summed E-state index contributed by atoms with van der Waals surface area (Å²) in [5.74, 6) is 1.73. The van der Waals surface area contributed by atoms with Gasteiger partial charge in [0, 0.05) is 6.54 Å². The van der Waals surface area contributed by atoms with Crippen molar-refractivity contribution in [2.45, 2.75) is 77.9 Å². The SMILES string of the molecule is CCCC(C)OC1(CNC)CCC(C(C)C)CC1. The number of hydrogen-bond acceptors (Lipinski definition) is 2. The Hall–Kier alpha value is -0.0800. The Kier molecular flexibility index (Phi) is 6.65. The Labute approximate surface area is 114 Å². The summed E-state index contributed by atoms with van der Waals surface area (Å²) in [5.41, 5.74) is 0.106. The highest BCUT2D eigenvalue weighted by molar-refractivity contribution is 4.90. The largest absolute Gasteiger partial charge is 0.371 e. The summed E-state index contributed by atoms with van der Waals surface area (Å²) in [6, 6.07) is 0. The van der Waals surface area contributed by atoms with E-state index in [9.17, 15) is 0 Å². The normalized spacial score (nSPS) is 30.7. The highest BCUT2D eigenvalue weighted by Crippen LogP contribution is 2.38. The van der Waals surface area contributed by atoms with Crippen LogP contribution < -0.4 is 5.32 Å². The topological polar surface area (TPSA) is 21.3 Å². The van der Waals surface area contributed by atoms with Crippen LogP contribution in [-0.2, 0) is 4.74 Å². The van der Waals surface area contributed by atoms with Gasteiger partial charge in [0.15, 0.2) is 0 Å². The van der Waals surface area contributed by atoms with Gasteiger partial charge in [-0.15, -0.1) is 0 Å². The monoisotopic (exact) mass is 255 g/mol. The third kappa shape index (κ3) is 4.55. The van der Waals surface area contributed by atoms with Gasteiger partial charge in [-0.3, -0.25) is 0 Å². The van der Waals surface area contributed by atoms with Crippen LogP contribution in [0.2, 0.25) is 0 Å². The fraction of sp³-hybridized carbons (Fsp3) is 1.00. The number of likely N-dealkylation sites (N-methyl/N-ethyl adjacent to an activating group) is 1. The van der Waals surface area contributed by atoms with E-state index in [0.717, 1.165) is 18.4 Å². The van der Waals surface area contributed by atoms with Gasteiger partial charge in [0.2, 0.25) is 0 Å². The van der Waals surface area contributed by atoms with Crippen molar-refractivity contribution in [3.63, 3.8) is 0 Å². The molecule has 0 aliphatic heterocycles. The maximum absolute atomic E-state index is 6.43. The Balaban J connectivity index is 2.55. The molecule has 1 N–H and O–H groups in total. The van der Waals surface area contributed by atoms with Gasteiger partial charge < -0.3 is 10.1 Å². The molecule has 1 aliphatic carbocycles. The molecular formula is C16H33NO. The summed E-state index contributed by atoms with van der Waals surface area (Å²) in [6.45, 7) is 10.2. The van der Waals surface area contributed by atoms with E-state index in [4.69, 9.17) is 4.74 Å². The van der Waals surface area contributed by atoms with Crippen LogP contribution >= 0.6 is 0 Å². The number of ether oxygens (including phenoxy) is 1. The maximum atomic E-state index is 6.43. The van der Waals surface area contributed by atoms with Crippen LogP contribution in [0.5, 0.6) is 0 Å². The van der Waals surface area contributed by atoms with Crippen molar-refractivity contribution in [3.8, 4) is 0 Å². The first-order chi connectivity index (χ1) is 8.53. The smallest absolute Gasteiger partial charge is 0.0810 e. The lowest BCUT2D eigenvalue weighted by Crippen LogP contribution is -2.47. The lowest BCUT2D eigenvalue weighted by molar-refractivity contribution is -0.115. The van der Waals surface area contributed by atoms with Crippen LogP contribution in [0.15, 0.2) is 0 Å². The molecular weight excluding hydrogens is 222 g/mol. The summed E-state index contributed by atoms with van der Waals surface area (Å²) in [6.07, 6.45) is 7.91. The van der Waals surface area contributed by atoms with Crippen molar-refractivity contribution in [1.82, 2.24) is 5.32 Å². The number of nitrogens with one attached hydrogen (secondary N) is 1. The van der Waals surface area contributed by atoms with E-state index in [1.54, 1.807) is 0 Å². The molecule has 18 heavy (non-hydrogen) atoms. The molecule has 0 saturated heterocycles. The van der Waals surface area contributed by atoms with Crippen LogP contribution in [0.25, 0.3) is 0 Å². The van der Waals surface area contributed by atoms with Crippen LogP contribution in [0.3, 0.4) is 0 Å². The molecule has 2 heteroatoms. The van der Waals surface area contributed by atoms with Crippen molar-refractivity contribution < 1.29 is 4.74 Å². The lowest BCUT2D eigenvalue weighted by atomic mass is 9.74. The molecule has 0 heterocycles. The predicted octanol–water partition coefficient (Wildman–Crippen LogP) is 4.00. The predicted molar refractivity (Wildman–Crippen MR) is 78.9 cm³/mol. The Morgan fingerprint density at radius 3 is 2.28 bits per heavy atom. The molecule has 1 fully saturated rings. The van der Waals surface area contributed by atoms with Crippen molar-refractivity contribution in [2.24, 2.45) is 11.8 Å². The molecule has 1 aliphatic rings. The van der Waals surface area contributed by atoms with Crippen LogP contribution in [0.4, 0.5) is 0 Å². The van der Waals surface area contributed by atoms with Gasteiger partial charge >= 0.3 is 0 Å². The first-order valence-electron chi connectivity index (χ1n) is 7.85. The maximum Gasteiger partial charge on any atom is 0.0810 e. The fourth-order valence-corrected chi connectivity index (χ4v) is 3.38. The summed E-state index contributed by atoms with van der Waals surface area (Å²) in [7, 11) is 2.05. The highest BCUT2D eigenvalue weighted by atomic mass is 16.5. The minimum atomic E-state index is 0.106. The van der Waals surface area contributed by atoms with Crippen molar-refractivity contribution in [2.75, 3.05) is 13.6 Å². The second kappa shape index (κ2) is 7.49. The summed E-state index contributed by atoms with van der Waals surface area (Å²) < 4.78 is 6.43. The van der Waals surface area contributed by atoms with Gasteiger partial charge in [-0.25, -0.2) is 0 Å². The summed E-state index contributed by atoms with van der Waals surface area (Å²) in [5, 5.41) is 3.34. The first-order valence-corrected chi connectivity index (χ1v) is 7.85. The number of rotatable bonds is 7. The standard InChI is InChI=1S/C16H33NO/c1-6-7-14(4)18-16(12-17-5)10-8-15(9-11-16)13(2)3/h13-15,17H,6-12H2,1-5H3. The Morgan fingerprint density at radius 2 is 1.83 bits per heavy atom. The molecule has 1 unspecified atom stereocenters. The second-order valence-corrected chi connectivity index (χ2v) is 6.51. The zero-order valence-corrected chi connectivity index (χ0v) is 13.1. The van der Waals surface area contributed by atoms with E-state index in [-0.39, 0.29) is 5.60 Å². The molecule has 0 aromatic carbocycles. The molecule has 0 aromatic heterocycles. The highest BCUT2D eigenvalue weighted by Gasteiger charge is 2.37. The van der Waals surface area contributed by atoms with Gasteiger partial charge in [0.05, 0.1) is 11.7 Å². The van der Waals surface area contributed by atoms with Crippen molar-refractivity contribution in [1.29, 1.82) is 0 Å². The van der Waals surface area contributed by atoms with E-state index in [0.29, 0.717) is 6.10 Å². The summed E-state index contributed by atoms with van der Waals surface area (Å²) >= 11 is 0. The second-order valence-electron chi connectivity index (χ2n) is 6.51. The molecule has 2 nitrogen and oxygen atoms in total. The molecule has 0 amide bonds. The molecule has 1 atom stereocenters. The van der Waals surface area contributed by atoms with E-state index >= 15 is 0 Å². The van der Waals surface area contributed by atoms with Crippen molar-refractivity contribution >= 4 is 0 Å². The molecule has 0 aromatic rings. The van der Waals surface area contributed by atoms with E-state index < -0.39 is 0 Å². The quantitative estimate of drug-likeness (QED) is 0.742. The van der Waals surface area contributed by atoms with Crippen LogP contribution in [-0.4, -0.2) is 25.3 Å². The molecule has 1 saturated carbocycles. The van der Waals surface area contributed by atoms with Crippen LogP contribution in [0.1, 0.15) is 66.2 Å². The molecule has 0 radical (unpaired) electrons. The van der Waals surface area contributed by atoms with E-state index in [1.165, 1.54) is 38.5 Å². The Morgan fingerprint density at radius 1 is 1.22 bits per heavy atom. The average molecular weight is 255 g/mol. The van der Waals surface area contributed by atoms with Gasteiger partial charge in [0.25, 0.3) is 0 Å². The molecule has 0 spiro atoms.